The molecule has 0 radical (unpaired) electrons. The molecule has 0 unspecified atom stereocenters. The van der Waals surface area contributed by atoms with E-state index in [9.17, 15) is 9.59 Å². The van der Waals surface area contributed by atoms with Crippen LogP contribution in [0.25, 0.3) is 10.2 Å². The predicted octanol–water partition coefficient (Wildman–Crippen LogP) is 4.42. The molecule has 1 N–H and O–H groups in total. The molecule has 0 aliphatic heterocycles. The van der Waals surface area contributed by atoms with Gasteiger partial charge in [-0.15, -0.1) is 11.3 Å². The van der Waals surface area contributed by atoms with E-state index in [1.165, 1.54) is 21.3 Å². The summed E-state index contributed by atoms with van der Waals surface area (Å²) in [7, 11) is 0. The van der Waals surface area contributed by atoms with Gasteiger partial charge < -0.3 is 0 Å². The average molecular weight is 437 g/mol. The number of hydrogen-bond donors (Lipinski definition) is 1. The Kier molecular flexibility index (Phi) is 6.05. The van der Waals surface area contributed by atoms with Crippen LogP contribution in [-0.4, -0.2) is 21.7 Å². The Morgan fingerprint density at radius 1 is 1.29 bits per heavy atom. The van der Waals surface area contributed by atoms with Gasteiger partial charge in [0.15, 0.2) is 0 Å². The quantitative estimate of drug-likeness (QED) is 0.475. The van der Waals surface area contributed by atoms with E-state index in [1.807, 2.05) is 12.1 Å². The minimum absolute atomic E-state index is 0.145. The van der Waals surface area contributed by atoms with Crippen LogP contribution < -0.4 is 11.0 Å². The number of aryl methyl sites for hydroxylation is 1. The van der Waals surface area contributed by atoms with E-state index in [-0.39, 0.29) is 11.5 Å². The first kappa shape index (κ1) is 21.4. The third kappa shape index (κ3) is 4.32. The largest absolute Gasteiger partial charge is 0.286 e. The molecule has 3 aromatic rings. The van der Waals surface area contributed by atoms with E-state index in [1.54, 1.807) is 24.5 Å². The van der Waals surface area contributed by atoms with Crippen molar-refractivity contribution in [1.29, 1.82) is 0 Å². The number of hydrogen-bond acceptors (Lipinski definition) is 5. The molecule has 0 saturated carbocycles. The molecule has 1 aromatic carbocycles. The standard InChI is InChI=1S/C24H28N4O2S/c1-14(2)18-8-6-17(7-9-18)12-26-27-22(29)16(4)28-13-25-23-21(24(28)30)19-10-5-15(3)11-20(19)31-23/h6-9,12-16H,5,10-11H2,1-4H3,(H,27,29)/b26-12+/t15-,16-/m1/s1. The lowest BCUT2D eigenvalue weighted by molar-refractivity contribution is -0.123. The van der Waals surface area contributed by atoms with Crippen molar-refractivity contribution >= 4 is 33.7 Å². The second-order valence-corrected chi connectivity index (χ2v) is 9.80. The zero-order valence-electron chi connectivity index (χ0n) is 18.4. The van der Waals surface area contributed by atoms with E-state index in [0.29, 0.717) is 17.2 Å². The van der Waals surface area contributed by atoms with Gasteiger partial charge in [-0.1, -0.05) is 45.0 Å². The van der Waals surface area contributed by atoms with Gasteiger partial charge in [0.05, 0.1) is 17.9 Å². The van der Waals surface area contributed by atoms with Crippen molar-refractivity contribution in [3.8, 4) is 0 Å². The average Bonchev–Trinajstić information content (AvgIpc) is 3.12. The van der Waals surface area contributed by atoms with Crippen LogP contribution in [0.1, 0.15) is 67.6 Å². The number of thiophene rings is 1. The predicted molar refractivity (Wildman–Crippen MR) is 126 cm³/mol. The lowest BCUT2D eigenvalue weighted by Gasteiger charge is -2.18. The summed E-state index contributed by atoms with van der Waals surface area (Å²) < 4.78 is 1.41. The number of fused-ring (bicyclic) bond motifs is 3. The molecule has 4 rings (SSSR count). The molecule has 1 amide bonds. The molecule has 6 nitrogen and oxygen atoms in total. The molecule has 1 aliphatic rings. The maximum Gasteiger partial charge on any atom is 0.263 e. The number of aromatic nitrogens is 2. The lowest BCUT2D eigenvalue weighted by atomic mass is 9.89. The van der Waals surface area contributed by atoms with Gasteiger partial charge in [-0.25, -0.2) is 10.4 Å². The summed E-state index contributed by atoms with van der Waals surface area (Å²) in [5.41, 5.74) is 5.68. The Labute approximate surface area is 186 Å². The highest BCUT2D eigenvalue weighted by molar-refractivity contribution is 7.18. The first-order valence-electron chi connectivity index (χ1n) is 10.8. The summed E-state index contributed by atoms with van der Waals surface area (Å²) in [4.78, 5) is 32.3. The number of hydrazone groups is 1. The Bertz CT molecular complexity index is 1190. The summed E-state index contributed by atoms with van der Waals surface area (Å²) in [6.45, 7) is 8.22. The smallest absolute Gasteiger partial charge is 0.263 e. The molecule has 7 heteroatoms. The maximum atomic E-state index is 13.2. The van der Waals surface area contributed by atoms with Gasteiger partial charge in [0.25, 0.3) is 11.5 Å². The second-order valence-electron chi connectivity index (χ2n) is 8.72. The fourth-order valence-corrected chi connectivity index (χ4v) is 5.32. The second kappa shape index (κ2) is 8.75. The Morgan fingerprint density at radius 3 is 2.74 bits per heavy atom. The first-order chi connectivity index (χ1) is 14.8. The molecular weight excluding hydrogens is 408 g/mol. The van der Waals surface area contributed by atoms with Crippen LogP contribution in [0, 0.1) is 5.92 Å². The Balaban J connectivity index is 1.51. The molecule has 0 bridgehead atoms. The minimum atomic E-state index is -0.706. The van der Waals surface area contributed by atoms with Crippen molar-refractivity contribution < 1.29 is 4.79 Å². The fraction of sp³-hybridized carbons (Fsp3) is 0.417. The highest BCUT2D eigenvalue weighted by Gasteiger charge is 2.25. The van der Waals surface area contributed by atoms with Crippen LogP contribution in [-0.2, 0) is 17.6 Å². The molecule has 2 aromatic heterocycles. The van der Waals surface area contributed by atoms with Crippen LogP contribution in [0.3, 0.4) is 0 Å². The SMILES string of the molecule is CC(C)c1ccc(/C=N/NC(=O)[C@@H](C)n2cnc3sc4c(c3c2=O)CC[C@@H](C)C4)cc1. The van der Waals surface area contributed by atoms with Crippen molar-refractivity contribution in [3.63, 3.8) is 0 Å². The van der Waals surface area contributed by atoms with Gasteiger partial charge in [0.2, 0.25) is 0 Å². The van der Waals surface area contributed by atoms with Gasteiger partial charge in [-0.05, 0) is 54.7 Å². The Morgan fingerprint density at radius 2 is 2.03 bits per heavy atom. The number of amides is 1. The van der Waals surface area contributed by atoms with Crippen molar-refractivity contribution in [1.82, 2.24) is 15.0 Å². The topological polar surface area (TPSA) is 76.3 Å². The van der Waals surface area contributed by atoms with Gasteiger partial charge in [-0.2, -0.15) is 5.10 Å². The third-order valence-corrected chi connectivity index (χ3v) is 7.19. The van der Waals surface area contributed by atoms with E-state index in [4.69, 9.17) is 0 Å². The van der Waals surface area contributed by atoms with Crippen molar-refractivity contribution in [2.75, 3.05) is 0 Å². The fourth-order valence-electron chi connectivity index (χ4n) is 3.98. The van der Waals surface area contributed by atoms with Gasteiger partial charge >= 0.3 is 0 Å². The Hall–Kier alpha value is -2.80. The zero-order chi connectivity index (χ0) is 22.1. The molecule has 2 atom stereocenters. The number of nitrogens with one attached hydrogen (secondary N) is 1. The molecule has 0 spiro atoms. The highest BCUT2D eigenvalue weighted by Crippen LogP contribution is 2.35. The number of rotatable bonds is 5. The molecule has 0 fully saturated rings. The molecule has 2 heterocycles. The third-order valence-electron chi connectivity index (χ3n) is 6.03. The summed E-state index contributed by atoms with van der Waals surface area (Å²) in [5.74, 6) is 0.746. The van der Waals surface area contributed by atoms with Gasteiger partial charge in [-0.3, -0.25) is 14.2 Å². The van der Waals surface area contributed by atoms with E-state index in [0.717, 1.165) is 35.2 Å². The van der Waals surface area contributed by atoms with Gasteiger partial charge in [0, 0.05) is 4.88 Å². The normalized spacial score (nSPS) is 17.3. The first-order valence-corrected chi connectivity index (χ1v) is 11.6. The van der Waals surface area contributed by atoms with Crippen molar-refractivity contribution in [2.24, 2.45) is 11.0 Å². The lowest BCUT2D eigenvalue weighted by Crippen LogP contribution is -2.34. The summed E-state index contributed by atoms with van der Waals surface area (Å²) >= 11 is 1.61. The van der Waals surface area contributed by atoms with Crippen LogP contribution in [0.5, 0.6) is 0 Å². The van der Waals surface area contributed by atoms with Crippen LogP contribution >= 0.6 is 11.3 Å². The number of carbonyl (C=O) groups is 1. The number of benzene rings is 1. The molecule has 0 saturated heterocycles. The van der Waals surface area contributed by atoms with Crippen molar-refractivity contribution in [3.05, 3.63) is 62.5 Å². The molecular formula is C24H28N4O2S. The zero-order valence-corrected chi connectivity index (χ0v) is 19.2. The minimum Gasteiger partial charge on any atom is -0.286 e. The van der Waals surface area contributed by atoms with Crippen LogP contribution in [0.2, 0.25) is 0 Å². The highest BCUT2D eigenvalue weighted by atomic mass is 32.1. The van der Waals surface area contributed by atoms with E-state index in [2.05, 4.69) is 48.4 Å². The number of nitrogens with zero attached hydrogens (tertiary/aromatic N) is 3. The van der Waals surface area contributed by atoms with Crippen LogP contribution in [0.15, 0.2) is 40.5 Å². The summed E-state index contributed by atoms with van der Waals surface area (Å²) in [6.07, 6.45) is 6.07. The molecule has 162 valence electrons. The monoisotopic (exact) mass is 436 g/mol. The van der Waals surface area contributed by atoms with E-state index >= 15 is 0 Å². The number of carbonyl (C=O) groups excluding carboxylic acids is 1. The molecule has 1 aliphatic carbocycles. The van der Waals surface area contributed by atoms with E-state index < -0.39 is 6.04 Å². The van der Waals surface area contributed by atoms with Crippen molar-refractivity contribution in [2.45, 2.75) is 58.9 Å². The summed E-state index contributed by atoms with van der Waals surface area (Å²) in [5, 5.41) is 4.75. The maximum absolute atomic E-state index is 13.2. The van der Waals surface area contributed by atoms with Gasteiger partial charge in [0.1, 0.15) is 10.9 Å². The molecule has 31 heavy (non-hydrogen) atoms. The summed E-state index contributed by atoms with van der Waals surface area (Å²) in [6, 6.07) is 7.34. The van der Waals surface area contributed by atoms with Crippen LogP contribution in [0.4, 0.5) is 0 Å².